The predicted octanol–water partition coefficient (Wildman–Crippen LogP) is 4.00. The Kier molecular flexibility index (Phi) is 12.7. The molecule has 3 aliphatic rings. The van der Waals surface area contributed by atoms with Crippen LogP contribution in [0.1, 0.15) is 66.9 Å². The highest BCUT2D eigenvalue weighted by molar-refractivity contribution is 6.07. The zero-order chi connectivity index (χ0) is 40.6. The van der Waals surface area contributed by atoms with E-state index in [9.17, 15) is 24.3 Å². The number of carbonyl (C=O) groups is 4. The van der Waals surface area contributed by atoms with Crippen LogP contribution in [-0.2, 0) is 38.1 Å². The van der Waals surface area contributed by atoms with Crippen molar-refractivity contribution in [3.8, 4) is 0 Å². The number of aliphatic hydroxyl groups excluding tert-OH is 1. The number of ether oxygens (including phenoxy) is 5. The minimum absolute atomic E-state index is 0.0478. The maximum Gasteiger partial charge on any atom is 0.407 e. The van der Waals surface area contributed by atoms with Gasteiger partial charge in [-0.1, -0.05) is 32.9 Å². The summed E-state index contributed by atoms with van der Waals surface area (Å²) in [6.07, 6.45) is -1.73. The minimum atomic E-state index is -3.18. The van der Waals surface area contributed by atoms with E-state index in [-0.39, 0.29) is 31.0 Å². The maximum absolute atomic E-state index is 16.6. The van der Waals surface area contributed by atoms with E-state index in [1.54, 1.807) is 45.2 Å². The van der Waals surface area contributed by atoms with Gasteiger partial charge in [-0.15, -0.1) is 0 Å². The molecule has 0 aliphatic carbocycles. The van der Waals surface area contributed by atoms with Gasteiger partial charge in [-0.2, -0.15) is 0 Å². The van der Waals surface area contributed by atoms with Crippen molar-refractivity contribution in [3.05, 3.63) is 42.1 Å². The Hall–Kier alpha value is -4.02. The summed E-state index contributed by atoms with van der Waals surface area (Å²) in [5.74, 6) is -5.95. The summed E-state index contributed by atoms with van der Waals surface area (Å²) in [6.45, 7) is 10.4. The number of alkyl halides is 1. The van der Waals surface area contributed by atoms with Gasteiger partial charge in [-0.05, 0) is 84.5 Å². The fourth-order valence-corrected chi connectivity index (χ4v) is 8.12. The van der Waals surface area contributed by atoms with Gasteiger partial charge < -0.3 is 44.7 Å². The number of hydrogen-bond acceptors (Lipinski definition) is 13. The summed E-state index contributed by atoms with van der Waals surface area (Å²) in [5.41, 5.74) is 3.37. The van der Waals surface area contributed by atoms with Crippen molar-refractivity contribution >= 4 is 46.3 Å². The number of amides is 1. The largest absolute Gasteiger partial charge is 0.456 e. The predicted molar refractivity (Wildman–Crippen MR) is 201 cm³/mol. The molecule has 3 unspecified atom stereocenters. The first-order valence-electron chi connectivity index (χ1n) is 18.8. The Morgan fingerprint density at radius 2 is 1.78 bits per heavy atom. The second kappa shape index (κ2) is 16.6. The summed E-state index contributed by atoms with van der Waals surface area (Å²) in [6, 6.07) is 6.02. The normalized spacial score (nSPS) is 38.1. The highest BCUT2D eigenvalue weighted by Crippen LogP contribution is 2.39. The van der Waals surface area contributed by atoms with Gasteiger partial charge in [0.2, 0.25) is 0 Å². The van der Waals surface area contributed by atoms with E-state index in [1.807, 2.05) is 44.1 Å². The van der Waals surface area contributed by atoms with Crippen LogP contribution in [-0.4, -0.2) is 119 Å². The first-order chi connectivity index (χ1) is 25.7. The lowest BCUT2D eigenvalue weighted by atomic mass is 9.75. The van der Waals surface area contributed by atoms with E-state index in [1.165, 1.54) is 13.8 Å². The van der Waals surface area contributed by atoms with E-state index >= 15 is 4.39 Å². The molecule has 3 saturated heterocycles. The van der Waals surface area contributed by atoms with E-state index in [4.69, 9.17) is 29.4 Å². The molecule has 0 bridgehead atoms. The first-order valence-corrected chi connectivity index (χ1v) is 18.8. The number of alkyl carbamates (subject to hydrolysis) is 1. The zero-order valence-corrected chi connectivity index (χ0v) is 33.0. The number of esters is 1. The molecule has 1 aromatic heterocycles. The average molecular weight is 771 g/mol. The van der Waals surface area contributed by atoms with Crippen molar-refractivity contribution in [3.63, 3.8) is 0 Å². The second-order valence-electron chi connectivity index (χ2n) is 16.0. The van der Waals surface area contributed by atoms with Crippen LogP contribution in [0, 0.1) is 17.8 Å². The monoisotopic (exact) mass is 770 g/mol. The van der Waals surface area contributed by atoms with Crippen molar-refractivity contribution in [2.45, 2.75) is 121 Å². The molecule has 3 fully saturated rings. The molecule has 0 radical (unpaired) electrons. The van der Waals surface area contributed by atoms with Gasteiger partial charge in [-0.25, -0.2) is 14.0 Å². The number of carbonyl (C=O) groups excluding carboxylic acids is 4. The molecule has 2 aromatic rings. The molecular weight excluding hydrogens is 715 g/mol. The lowest BCUT2D eigenvalue weighted by Crippen LogP contribution is -2.60. The molecule has 1 amide bonds. The van der Waals surface area contributed by atoms with E-state index < -0.39 is 83.6 Å². The SMILES string of the molecule is C[C@@H]1C[C@H](N(C)C)[C@@H](O)[C@H](O[C@@H]2[C@@H](C)C(=O)C(C)(F)C(=O)O[C@H](C)C3OC(=O)NC3[C@H](C)C(=O)[C@H](C)C[C@]2(C)OC/C=C/c2cnc3ccc(N)cc3c2)O1. The van der Waals surface area contributed by atoms with Crippen LogP contribution >= 0.6 is 0 Å². The molecule has 1 aromatic carbocycles. The van der Waals surface area contributed by atoms with Crippen LogP contribution in [0.15, 0.2) is 36.5 Å². The summed E-state index contributed by atoms with van der Waals surface area (Å²) >= 11 is 0. The number of halogens is 1. The number of Topliss-reactive ketones (excluding diaryl/α,β-unsaturated/α-hetero) is 2. The first kappa shape index (κ1) is 42.1. The second-order valence-corrected chi connectivity index (χ2v) is 16.0. The fraction of sp³-hybridized carbons (Fsp3) is 0.625. The molecule has 55 heavy (non-hydrogen) atoms. The third-order valence-corrected chi connectivity index (χ3v) is 11.2. The summed E-state index contributed by atoms with van der Waals surface area (Å²) in [4.78, 5) is 60.6. The molecule has 4 heterocycles. The fourth-order valence-electron chi connectivity index (χ4n) is 8.12. The third kappa shape index (κ3) is 9.01. The van der Waals surface area contributed by atoms with E-state index in [0.29, 0.717) is 12.1 Å². The number of nitrogens with one attached hydrogen (secondary N) is 1. The van der Waals surface area contributed by atoms with Crippen LogP contribution in [0.3, 0.4) is 0 Å². The number of likely N-dealkylation sites (N-methyl/N-ethyl adjacent to an activating group) is 1. The molecule has 302 valence electrons. The number of nitrogens with two attached hydrogens (primary N) is 1. The molecular formula is C40H55FN4O10. The van der Waals surface area contributed by atoms with Crippen LogP contribution < -0.4 is 11.1 Å². The summed E-state index contributed by atoms with van der Waals surface area (Å²) in [7, 11) is 3.63. The summed E-state index contributed by atoms with van der Waals surface area (Å²) in [5, 5.41) is 15.0. The standard InChI is InChI=1S/C40H55FN4O10/c1-20-18-39(6,51-14-10-11-25-16-26-17-27(42)12-13-28(26)43-19-25)35(55-36-32(47)29(45(8)9)15-21(2)52-36)23(4)34(48)40(7,41)37(49)53-24(5)33-30(22(3)31(20)46)44-38(50)54-33/h10-13,16-17,19-24,29-30,32-33,35-36,47H,14-15,18,42H2,1-9H3,(H,44,50)/b11-10+/t20-,21-,22+,23+,24-,29+,30?,32-,33?,35-,36+,39+,40?/m1/s1. The number of benzene rings is 1. The molecule has 3 aliphatic heterocycles. The van der Waals surface area contributed by atoms with Gasteiger partial charge in [0.15, 0.2) is 18.2 Å². The van der Waals surface area contributed by atoms with Crippen LogP contribution in [0.2, 0.25) is 0 Å². The molecule has 0 spiro atoms. The lowest BCUT2D eigenvalue weighted by molar-refractivity contribution is -0.297. The van der Waals surface area contributed by atoms with Crippen LogP contribution in [0.4, 0.5) is 14.9 Å². The van der Waals surface area contributed by atoms with Crippen LogP contribution in [0.25, 0.3) is 17.0 Å². The van der Waals surface area contributed by atoms with Gasteiger partial charge in [0, 0.05) is 41.1 Å². The smallest absolute Gasteiger partial charge is 0.407 e. The molecule has 13 atom stereocenters. The topological polar surface area (TPSA) is 189 Å². The number of aliphatic hydroxyl groups is 1. The number of nitrogens with zero attached hydrogens (tertiary/aromatic N) is 2. The van der Waals surface area contributed by atoms with Crippen LogP contribution in [0.5, 0.6) is 0 Å². The van der Waals surface area contributed by atoms with E-state index in [2.05, 4.69) is 10.3 Å². The highest BCUT2D eigenvalue weighted by atomic mass is 19.1. The number of hydrogen-bond donors (Lipinski definition) is 3. The lowest BCUT2D eigenvalue weighted by Gasteiger charge is -2.47. The molecule has 4 N–H and O–H groups in total. The van der Waals surface area contributed by atoms with Gasteiger partial charge in [0.25, 0.3) is 5.67 Å². The highest BCUT2D eigenvalue weighted by Gasteiger charge is 2.55. The summed E-state index contributed by atoms with van der Waals surface area (Å²) < 4.78 is 46.7. The van der Waals surface area contributed by atoms with E-state index in [0.717, 1.165) is 23.4 Å². The number of cyclic esters (lactones) is 1. The number of pyridine rings is 1. The Morgan fingerprint density at radius 3 is 2.47 bits per heavy atom. The number of nitrogen functional groups attached to an aromatic ring is 1. The van der Waals surface area contributed by atoms with Gasteiger partial charge in [-0.3, -0.25) is 14.6 Å². The zero-order valence-electron chi connectivity index (χ0n) is 33.0. The Balaban J connectivity index is 1.56. The number of aromatic nitrogens is 1. The number of ketones is 2. The maximum atomic E-state index is 16.6. The molecule has 5 rings (SSSR count). The quantitative estimate of drug-likeness (QED) is 0.208. The van der Waals surface area contributed by atoms with Crippen molar-refractivity contribution in [2.75, 3.05) is 26.4 Å². The van der Waals surface area contributed by atoms with Gasteiger partial charge >= 0.3 is 12.1 Å². The number of rotatable bonds is 7. The average Bonchev–Trinajstić information content (AvgIpc) is 3.53. The minimum Gasteiger partial charge on any atom is -0.456 e. The molecule has 15 heteroatoms. The van der Waals surface area contributed by atoms with Gasteiger partial charge in [0.1, 0.15) is 18.0 Å². The Labute approximate surface area is 321 Å². The third-order valence-electron chi connectivity index (χ3n) is 11.2. The van der Waals surface area contributed by atoms with Gasteiger partial charge in [0.05, 0.1) is 36.0 Å². The van der Waals surface area contributed by atoms with Crippen molar-refractivity contribution in [2.24, 2.45) is 17.8 Å². The molecule has 0 saturated carbocycles. The Bertz CT molecular complexity index is 1790. The Morgan fingerprint density at radius 1 is 1.07 bits per heavy atom. The number of fused-ring (bicyclic) bond motifs is 2. The number of anilines is 1. The van der Waals surface area contributed by atoms with Crippen molar-refractivity contribution in [1.82, 2.24) is 15.2 Å². The molecule has 14 nitrogen and oxygen atoms in total. The van der Waals surface area contributed by atoms with Crippen molar-refractivity contribution < 1.29 is 52.4 Å². The van der Waals surface area contributed by atoms with Crippen molar-refractivity contribution in [1.29, 1.82) is 0 Å².